The lowest BCUT2D eigenvalue weighted by atomic mass is 9.80. The smallest absolute Gasteiger partial charge is 0.220 e. The van der Waals surface area contributed by atoms with Crippen LogP contribution in [0.1, 0.15) is 43.4 Å². The van der Waals surface area contributed by atoms with Gasteiger partial charge in [0.15, 0.2) is 0 Å². The third-order valence-electron chi connectivity index (χ3n) is 5.04. The van der Waals surface area contributed by atoms with E-state index < -0.39 is 5.60 Å². The van der Waals surface area contributed by atoms with Crippen LogP contribution < -0.4 is 5.32 Å². The number of aliphatic hydroxyl groups is 1. The van der Waals surface area contributed by atoms with Crippen LogP contribution in [0.15, 0.2) is 36.5 Å². The van der Waals surface area contributed by atoms with Gasteiger partial charge in [0.1, 0.15) is 11.4 Å². The van der Waals surface area contributed by atoms with Gasteiger partial charge in [-0.1, -0.05) is 29.3 Å². The molecule has 1 aromatic heterocycles. The Kier molecular flexibility index (Phi) is 6.25. The van der Waals surface area contributed by atoms with Crippen molar-refractivity contribution in [1.29, 1.82) is 0 Å². The van der Waals surface area contributed by atoms with Crippen LogP contribution in [-0.2, 0) is 16.8 Å². The molecule has 1 aliphatic carbocycles. The fourth-order valence-corrected chi connectivity index (χ4v) is 3.93. The number of carbonyl (C=O) groups is 1. The number of amides is 1. The molecule has 0 atom stereocenters. The zero-order valence-electron chi connectivity index (χ0n) is 14.8. The van der Waals surface area contributed by atoms with Gasteiger partial charge in [0.05, 0.1) is 11.9 Å². The van der Waals surface area contributed by atoms with Crippen LogP contribution in [0.25, 0.3) is 0 Å². The van der Waals surface area contributed by atoms with E-state index in [1.54, 1.807) is 18.2 Å². The third kappa shape index (κ3) is 5.12. The van der Waals surface area contributed by atoms with Crippen molar-refractivity contribution < 1.29 is 15.0 Å². The zero-order chi connectivity index (χ0) is 19.4. The van der Waals surface area contributed by atoms with Crippen molar-refractivity contribution in [3.05, 3.63) is 57.8 Å². The highest BCUT2D eigenvalue weighted by atomic mass is 35.5. The molecule has 5 nitrogen and oxygen atoms in total. The molecule has 1 fully saturated rings. The van der Waals surface area contributed by atoms with E-state index in [4.69, 9.17) is 23.2 Å². The first-order valence-electron chi connectivity index (χ1n) is 8.97. The maximum atomic E-state index is 12.2. The van der Waals surface area contributed by atoms with Crippen molar-refractivity contribution in [2.45, 2.75) is 50.2 Å². The van der Waals surface area contributed by atoms with E-state index in [0.29, 0.717) is 54.3 Å². The van der Waals surface area contributed by atoms with Crippen molar-refractivity contribution in [2.75, 3.05) is 0 Å². The van der Waals surface area contributed by atoms with Crippen LogP contribution in [0.2, 0.25) is 10.0 Å². The van der Waals surface area contributed by atoms with Gasteiger partial charge in [-0.2, -0.15) is 0 Å². The molecule has 0 saturated heterocycles. The molecule has 0 unspecified atom stereocenters. The van der Waals surface area contributed by atoms with Gasteiger partial charge in [0.2, 0.25) is 5.91 Å². The number of pyridine rings is 1. The second kappa shape index (κ2) is 8.46. The van der Waals surface area contributed by atoms with E-state index in [1.165, 1.54) is 12.3 Å². The summed E-state index contributed by atoms with van der Waals surface area (Å²) in [6.45, 7) is 0. The van der Waals surface area contributed by atoms with Crippen molar-refractivity contribution in [3.63, 3.8) is 0 Å². The summed E-state index contributed by atoms with van der Waals surface area (Å²) in [5.41, 5.74) is 0.446. The fourth-order valence-electron chi connectivity index (χ4n) is 3.43. The average Bonchev–Trinajstić information content (AvgIpc) is 2.63. The first-order valence-corrected chi connectivity index (χ1v) is 9.72. The molecule has 7 heteroatoms. The zero-order valence-corrected chi connectivity index (χ0v) is 16.3. The number of carbonyl (C=O) groups excluding carboxylic acids is 1. The maximum Gasteiger partial charge on any atom is 0.220 e. The number of aromatic nitrogens is 1. The van der Waals surface area contributed by atoms with Crippen molar-refractivity contribution in [1.82, 2.24) is 10.3 Å². The number of nitrogens with zero attached hydrogens (tertiary/aromatic N) is 1. The monoisotopic (exact) mass is 408 g/mol. The normalized spacial score (nSPS) is 22.4. The van der Waals surface area contributed by atoms with Gasteiger partial charge in [0.25, 0.3) is 0 Å². The van der Waals surface area contributed by atoms with Gasteiger partial charge in [-0.15, -0.1) is 0 Å². The molecule has 1 saturated carbocycles. The first-order chi connectivity index (χ1) is 12.9. The van der Waals surface area contributed by atoms with E-state index in [0.717, 1.165) is 5.56 Å². The molecule has 27 heavy (non-hydrogen) atoms. The number of nitrogens with one attached hydrogen (secondary N) is 1. The molecule has 3 rings (SSSR count). The summed E-state index contributed by atoms with van der Waals surface area (Å²) in [6.07, 6.45) is 4.61. The van der Waals surface area contributed by atoms with Crippen molar-refractivity contribution in [3.8, 4) is 5.75 Å². The number of halogens is 2. The summed E-state index contributed by atoms with van der Waals surface area (Å²) in [5, 5.41) is 24.3. The second-order valence-electron chi connectivity index (χ2n) is 7.01. The number of aromatic hydroxyl groups is 1. The molecule has 1 amide bonds. The van der Waals surface area contributed by atoms with E-state index in [9.17, 15) is 15.0 Å². The van der Waals surface area contributed by atoms with Gasteiger partial charge in [-0.3, -0.25) is 9.78 Å². The van der Waals surface area contributed by atoms with Crippen LogP contribution >= 0.6 is 23.2 Å². The Hall–Kier alpha value is -1.82. The Morgan fingerprint density at radius 3 is 2.59 bits per heavy atom. The summed E-state index contributed by atoms with van der Waals surface area (Å²) in [5.74, 6) is 0.0447. The predicted molar refractivity (Wildman–Crippen MR) is 105 cm³/mol. The highest BCUT2D eigenvalue weighted by Gasteiger charge is 2.36. The van der Waals surface area contributed by atoms with E-state index >= 15 is 0 Å². The Bertz CT molecular complexity index is 803. The number of aryl methyl sites for hydroxylation is 1. The molecule has 1 aromatic carbocycles. The van der Waals surface area contributed by atoms with E-state index in [2.05, 4.69) is 10.3 Å². The Labute approximate surface area is 168 Å². The SMILES string of the molecule is O=C(CCc1ccc(Cl)cc1Cl)N[C@H]1CC[C@](O)(c2ccc(O)cn2)CC1. The minimum absolute atomic E-state index is 0.0285. The van der Waals surface area contributed by atoms with Gasteiger partial charge in [-0.05, 0) is 61.9 Å². The molecule has 144 valence electrons. The fraction of sp³-hybridized carbons (Fsp3) is 0.400. The van der Waals surface area contributed by atoms with Crippen LogP contribution in [0.4, 0.5) is 0 Å². The number of benzene rings is 1. The lowest BCUT2D eigenvalue weighted by molar-refractivity contribution is -0.122. The Morgan fingerprint density at radius 2 is 1.96 bits per heavy atom. The van der Waals surface area contributed by atoms with E-state index in [-0.39, 0.29) is 17.7 Å². The minimum atomic E-state index is -1.01. The molecule has 3 N–H and O–H groups in total. The van der Waals surface area contributed by atoms with Crippen molar-refractivity contribution >= 4 is 29.1 Å². The van der Waals surface area contributed by atoms with Crippen molar-refractivity contribution in [2.24, 2.45) is 0 Å². The quantitative estimate of drug-likeness (QED) is 0.698. The van der Waals surface area contributed by atoms with Crippen LogP contribution in [0.5, 0.6) is 5.75 Å². The van der Waals surface area contributed by atoms with Gasteiger partial charge in [-0.25, -0.2) is 0 Å². The molecular formula is C20H22Cl2N2O3. The highest BCUT2D eigenvalue weighted by Crippen LogP contribution is 2.36. The molecule has 0 aliphatic heterocycles. The Balaban J connectivity index is 1.48. The summed E-state index contributed by atoms with van der Waals surface area (Å²) >= 11 is 12.0. The summed E-state index contributed by atoms with van der Waals surface area (Å²) in [7, 11) is 0. The van der Waals surface area contributed by atoms with Crippen LogP contribution in [0, 0.1) is 0 Å². The minimum Gasteiger partial charge on any atom is -0.506 e. The molecule has 2 aromatic rings. The molecule has 0 spiro atoms. The van der Waals surface area contributed by atoms with Crippen LogP contribution in [-0.4, -0.2) is 27.1 Å². The Morgan fingerprint density at radius 1 is 1.22 bits per heavy atom. The summed E-state index contributed by atoms with van der Waals surface area (Å²) in [6, 6.07) is 8.48. The maximum absolute atomic E-state index is 12.2. The largest absolute Gasteiger partial charge is 0.506 e. The number of hydrogen-bond donors (Lipinski definition) is 3. The van der Waals surface area contributed by atoms with Crippen LogP contribution in [0.3, 0.4) is 0 Å². The first kappa shape index (κ1) is 19.9. The second-order valence-corrected chi connectivity index (χ2v) is 7.85. The number of hydrogen-bond acceptors (Lipinski definition) is 4. The molecule has 1 aliphatic rings. The average molecular weight is 409 g/mol. The van der Waals surface area contributed by atoms with E-state index in [1.807, 2.05) is 6.07 Å². The van der Waals surface area contributed by atoms with Gasteiger partial charge < -0.3 is 15.5 Å². The molecule has 0 bridgehead atoms. The number of rotatable bonds is 5. The lowest BCUT2D eigenvalue weighted by Gasteiger charge is -2.35. The third-order valence-corrected chi connectivity index (χ3v) is 5.63. The molecule has 1 heterocycles. The molecular weight excluding hydrogens is 387 g/mol. The standard InChI is InChI=1S/C20H22Cl2N2O3/c21-14-3-1-13(17(22)11-14)2-6-19(26)24-15-7-9-20(27,10-8-15)18-5-4-16(25)12-23-18/h1,3-5,11-12,15,25,27H,2,6-10H2,(H,24,26)/t15-,20+. The molecule has 0 radical (unpaired) electrons. The lowest BCUT2D eigenvalue weighted by Crippen LogP contribution is -2.42. The highest BCUT2D eigenvalue weighted by molar-refractivity contribution is 6.35. The topological polar surface area (TPSA) is 82.5 Å². The summed E-state index contributed by atoms with van der Waals surface area (Å²) < 4.78 is 0. The summed E-state index contributed by atoms with van der Waals surface area (Å²) in [4.78, 5) is 16.4. The van der Waals surface area contributed by atoms with Gasteiger partial charge in [0, 0.05) is 22.5 Å². The van der Waals surface area contributed by atoms with Gasteiger partial charge >= 0.3 is 0 Å². The predicted octanol–water partition coefficient (Wildman–Crippen LogP) is 3.97.